The van der Waals surface area contributed by atoms with Crippen molar-refractivity contribution in [3.8, 4) is 5.69 Å². The first-order chi connectivity index (χ1) is 14.0. The third-order valence-electron chi connectivity index (χ3n) is 4.74. The largest absolute Gasteiger partial charge is 0.338 e. The molecule has 0 spiro atoms. The maximum absolute atomic E-state index is 13.4. The van der Waals surface area contributed by atoms with E-state index in [9.17, 15) is 19.7 Å². The highest BCUT2D eigenvalue weighted by Crippen LogP contribution is 2.23. The number of aromatic nitrogens is 4. The number of rotatable bonds is 4. The Bertz CT molecular complexity index is 1340. The molecule has 0 fully saturated rings. The quantitative estimate of drug-likeness (QED) is 0.391. The third kappa shape index (κ3) is 2.98. The van der Waals surface area contributed by atoms with Crippen LogP contribution in [0.4, 0.5) is 5.69 Å². The molecule has 0 aliphatic heterocycles. The van der Waals surface area contributed by atoms with Crippen molar-refractivity contribution in [2.75, 3.05) is 0 Å². The van der Waals surface area contributed by atoms with Gasteiger partial charge in [0.05, 0.1) is 16.4 Å². The molecule has 1 aromatic carbocycles. The Labute approximate surface area is 163 Å². The zero-order valence-corrected chi connectivity index (χ0v) is 15.3. The van der Waals surface area contributed by atoms with Crippen LogP contribution in [-0.4, -0.2) is 24.0 Å². The number of hydrogen-bond acceptors (Lipinski definition) is 6. The lowest BCUT2D eigenvalue weighted by Crippen LogP contribution is -2.41. The molecule has 3 heterocycles. The molecular weight excluding hydrogens is 374 g/mol. The average Bonchev–Trinajstić information content (AvgIpc) is 2.74. The molecule has 0 amide bonds. The van der Waals surface area contributed by atoms with Crippen molar-refractivity contribution in [2.24, 2.45) is 0 Å². The smallest absolute Gasteiger partial charge is 0.268 e. The van der Waals surface area contributed by atoms with E-state index >= 15 is 0 Å². The monoisotopic (exact) mass is 389 g/mol. The van der Waals surface area contributed by atoms with Crippen molar-refractivity contribution in [1.29, 1.82) is 0 Å². The summed E-state index contributed by atoms with van der Waals surface area (Å²) in [6.07, 6.45) is 4.57. The first-order valence-electron chi connectivity index (χ1n) is 8.76. The van der Waals surface area contributed by atoms with Crippen molar-refractivity contribution in [3.63, 3.8) is 0 Å². The number of fused-ring (bicyclic) bond motifs is 1. The van der Waals surface area contributed by atoms with Gasteiger partial charge in [0.25, 0.3) is 11.2 Å². The fourth-order valence-corrected chi connectivity index (χ4v) is 3.31. The topological polar surface area (TPSA) is 113 Å². The molecule has 9 nitrogen and oxygen atoms in total. The van der Waals surface area contributed by atoms with E-state index in [1.807, 2.05) is 0 Å². The standard InChI is InChI=1S/C20H15N5O4/c1-13(14-8-11-21-12-9-14)23-19(26)15-5-4-10-22-18(15)24(20(23)27)16-6-2-3-7-17(16)25(28)29/h2-13H,1H3. The van der Waals surface area contributed by atoms with E-state index < -0.39 is 22.2 Å². The van der Waals surface area contributed by atoms with Gasteiger partial charge in [-0.1, -0.05) is 12.1 Å². The van der Waals surface area contributed by atoms with Gasteiger partial charge in [0.2, 0.25) is 0 Å². The van der Waals surface area contributed by atoms with E-state index in [1.54, 1.807) is 49.6 Å². The normalized spacial score (nSPS) is 12.0. The van der Waals surface area contributed by atoms with E-state index in [0.717, 1.165) is 9.13 Å². The predicted octanol–water partition coefficient (Wildman–Crippen LogP) is 2.46. The molecule has 1 atom stereocenters. The van der Waals surface area contributed by atoms with Crippen LogP contribution in [0, 0.1) is 10.1 Å². The number of nitrogens with zero attached hydrogens (tertiary/aromatic N) is 5. The molecule has 3 aromatic heterocycles. The number of nitro groups is 1. The van der Waals surface area contributed by atoms with E-state index in [2.05, 4.69) is 9.97 Å². The van der Waals surface area contributed by atoms with Crippen molar-refractivity contribution in [3.05, 3.63) is 104 Å². The second-order valence-electron chi connectivity index (χ2n) is 6.37. The molecule has 0 N–H and O–H groups in total. The highest BCUT2D eigenvalue weighted by atomic mass is 16.6. The van der Waals surface area contributed by atoms with Crippen LogP contribution in [-0.2, 0) is 0 Å². The maximum atomic E-state index is 13.4. The maximum Gasteiger partial charge on any atom is 0.338 e. The van der Waals surface area contributed by atoms with Crippen LogP contribution in [0.2, 0.25) is 0 Å². The summed E-state index contributed by atoms with van der Waals surface area (Å²) in [6.45, 7) is 1.71. The fourth-order valence-electron chi connectivity index (χ4n) is 3.31. The molecular formula is C20H15N5O4. The Morgan fingerprint density at radius 1 is 1.00 bits per heavy atom. The van der Waals surface area contributed by atoms with E-state index in [0.29, 0.717) is 5.56 Å². The molecule has 0 radical (unpaired) electrons. The number of benzene rings is 1. The Morgan fingerprint density at radius 3 is 2.45 bits per heavy atom. The van der Waals surface area contributed by atoms with Gasteiger partial charge in [-0.3, -0.25) is 24.5 Å². The molecule has 1 unspecified atom stereocenters. The van der Waals surface area contributed by atoms with Crippen LogP contribution in [0.3, 0.4) is 0 Å². The van der Waals surface area contributed by atoms with Crippen LogP contribution < -0.4 is 11.2 Å². The first kappa shape index (κ1) is 18.2. The molecule has 29 heavy (non-hydrogen) atoms. The Hall–Kier alpha value is -4.14. The summed E-state index contributed by atoms with van der Waals surface area (Å²) in [5.74, 6) is 0. The van der Waals surface area contributed by atoms with Gasteiger partial charge in [-0.05, 0) is 42.8 Å². The van der Waals surface area contributed by atoms with Gasteiger partial charge in [0.15, 0.2) is 5.65 Å². The number of hydrogen-bond donors (Lipinski definition) is 0. The zero-order valence-electron chi connectivity index (χ0n) is 15.3. The summed E-state index contributed by atoms with van der Waals surface area (Å²) < 4.78 is 2.20. The Kier molecular flexibility index (Phi) is 4.47. The zero-order chi connectivity index (χ0) is 20.5. The van der Waals surface area contributed by atoms with Gasteiger partial charge in [0, 0.05) is 24.7 Å². The first-order valence-corrected chi connectivity index (χ1v) is 8.76. The number of para-hydroxylation sites is 2. The van der Waals surface area contributed by atoms with Gasteiger partial charge < -0.3 is 0 Å². The molecule has 0 aliphatic rings. The third-order valence-corrected chi connectivity index (χ3v) is 4.74. The van der Waals surface area contributed by atoms with Crippen LogP contribution >= 0.6 is 0 Å². The Morgan fingerprint density at radius 2 is 1.72 bits per heavy atom. The summed E-state index contributed by atoms with van der Waals surface area (Å²) >= 11 is 0. The average molecular weight is 389 g/mol. The Balaban J connectivity index is 2.13. The fraction of sp³-hybridized carbons (Fsp3) is 0.100. The number of pyridine rings is 2. The minimum Gasteiger partial charge on any atom is -0.268 e. The van der Waals surface area contributed by atoms with E-state index in [-0.39, 0.29) is 22.4 Å². The number of nitro benzene ring substituents is 1. The second-order valence-corrected chi connectivity index (χ2v) is 6.37. The molecule has 0 aliphatic carbocycles. The van der Waals surface area contributed by atoms with Gasteiger partial charge in [-0.15, -0.1) is 0 Å². The summed E-state index contributed by atoms with van der Waals surface area (Å²) in [5.41, 5.74) is -0.672. The molecule has 0 saturated heterocycles. The molecule has 144 valence electrons. The highest BCUT2D eigenvalue weighted by Gasteiger charge is 2.24. The highest BCUT2D eigenvalue weighted by molar-refractivity contribution is 5.76. The molecule has 0 saturated carbocycles. The minimum atomic E-state index is -0.709. The van der Waals surface area contributed by atoms with Gasteiger partial charge in [-0.25, -0.2) is 14.3 Å². The van der Waals surface area contributed by atoms with Crippen LogP contribution in [0.1, 0.15) is 18.5 Å². The minimum absolute atomic E-state index is 0.0434. The van der Waals surface area contributed by atoms with Crippen molar-refractivity contribution < 1.29 is 4.92 Å². The van der Waals surface area contributed by atoms with Crippen LogP contribution in [0.5, 0.6) is 0 Å². The van der Waals surface area contributed by atoms with Crippen molar-refractivity contribution in [1.82, 2.24) is 19.1 Å². The summed E-state index contributed by atoms with van der Waals surface area (Å²) in [7, 11) is 0. The predicted molar refractivity (Wildman–Crippen MR) is 106 cm³/mol. The molecule has 4 rings (SSSR count). The SMILES string of the molecule is CC(c1ccncc1)n1c(=O)c2cccnc2n(-c2ccccc2[N+](=O)[O-])c1=O. The molecule has 4 aromatic rings. The van der Waals surface area contributed by atoms with Crippen LogP contribution in [0.15, 0.2) is 76.7 Å². The van der Waals surface area contributed by atoms with Gasteiger partial charge in [0.1, 0.15) is 5.69 Å². The lowest BCUT2D eigenvalue weighted by Gasteiger charge is -2.18. The summed E-state index contributed by atoms with van der Waals surface area (Å²) in [6, 6.07) is 11.8. The van der Waals surface area contributed by atoms with Gasteiger partial charge in [-0.2, -0.15) is 0 Å². The van der Waals surface area contributed by atoms with E-state index in [4.69, 9.17) is 0 Å². The lowest BCUT2D eigenvalue weighted by atomic mass is 10.1. The van der Waals surface area contributed by atoms with Gasteiger partial charge >= 0.3 is 5.69 Å². The van der Waals surface area contributed by atoms with Crippen LogP contribution in [0.25, 0.3) is 16.7 Å². The lowest BCUT2D eigenvalue weighted by molar-refractivity contribution is -0.384. The summed E-state index contributed by atoms with van der Waals surface area (Å²) in [5, 5.41) is 11.7. The molecule has 9 heteroatoms. The molecule has 0 bridgehead atoms. The van der Waals surface area contributed by atoms with Crippen molar-refractivity contribution >= 4 is 16.7 Å². The summed E-state index contributed by atoms with van der Waals surface area (Å²) in [4.78, 5) is 45.7. The van der Waals surface area contributed by atoms with E-state index in [1.165, 1.54) is 24.4 Å². The van der Waals surface area contributed by atoms with Crippen molar-refractivity contribution in [2.45, 2.75) is 13.0 Å². The second kappa shape index (κ2) is 7.12.